The summed E-state index contributed by atoms with van der Waals surface area (Å²) in [6.45, 7) is 31.1. The number of hydrogen-bond donors (Lipinski definition) is 9. The molecule has 0 bridgehead atoms. The van der Waals surface area contributed by atoms with Crippen LogP contribution >= 0.6 is 47.8 Å². The third-order valence-corrected chi connectivity index (χ3v) is 17.1. The fraction of sp³-hybridized carbons (Fsp3) is 0.236. The molecule has 15 heterocycles. The molecule has 0 aromatic carbocycles. The lowest BCUT2D eigenvalue weighted by atomic mass is 10.1. The number of halogens is 3. The Balaban J connectivity index is 0.000000150. The van der Waals surface area contributed by atoms with Crippen LogP contribution in [0.2, 0.25) is 0 Å². The van der Waals surface area contributed by atoms with Crippen LogP contribution in [0.5, 0.6) is 0 Å². The second kappa shape index (κ2) is 34.8. The summed E-state index contributed by atoms with van der Waals surface area (Å²) in [4.78, 5) is 63.7. The Morgan fingerprint density at radius 2 is 0.881 bits per heavy atom. The zero-order valence-corrected chi connectivity index (χ0v) is 62.4. The van der Waals surface area contributed by atoms with Crippen LogP contribution in [0.3, 0.4) is 0 Å². The number of allylic oxidation sites excluding steroid dienone is 3. The van der Waals surface area contributed by atoms with E-state index >= 15 is 0 Å². The Morgan fingerprint density at radius 3 is 1.26 bits per heavy atom. The number of H-pyrrole nitrogens is 5. The van der Waals surface area contributed by atoms with Gasteiger partial charge in [-0.3, -0.25) is 26.7 Å². The lowest BCUT2D eigenvalue weighted by Gasteiger charge is -2.13. The van der Waals surface area contributed by atoms with Gasteiger partial charge in [0, 0.05) is 132 Å². The molecule has 101 heavy (non-hydrogen) atoms. The number of imidazole rings is 7. The lowest BCUT2D eigenvalue weighted by Crippen LogP contribution is -2.11. The van der Waals surface area contributed by atoms with E-state index in [0.717, 1.165) is 174 Å². The third kappa shape index (κ3) is 19.0. The molecule has 0 fully saturated rings. The number of nitrogens with one attached hydrogen (secondary N) is 8. The minimum atomic E-state index is 0. The predicted molar refractivity (Wildman–Crippen MR) is 415 cm³/mol. The molecular weight excluding hydrogens is 1470 g/mol. The molecule has 15 aromatic heterocycles. The SMILES string of the molecule is C=C(C)c1cnc2c(Br)nc(Br)cn12.C=C(C)c1cnc2c(NCCc3cc[nH]c3)nc(-n3ccnc3C)cn12.C=C(C)c1cnc2c(NCCc3cc[nH]c3)nc(Br)cn12.Cc1ncc[nH]1.Cc1nccn1-c1cn2c(C(C)C)cnc2c(NCCc2cc[nH]c2)n1.NCCc1cc[nH]c1.[HH]. The van der Waals surface area contributed by atoms with Crippen molar-refractivity contribution in [1.82, 2.24) is 106 Å². The molecule has 0 unspecified atom stereocenters. The van der Waals surface area contributed by atoms with Gasteiger partial charge in [-0.25, -0.2) is 54.8 Å². The topological polar surface area (TPSA) is 310 Å². The zero-order valence-electron chi connectivity index (χ0n) is 57.7. The molecular formula is C72H85Br3N26. The molecule has 10 N–H and O–H groups in total. The van der Waals surface area contributed by atoms with Crippen molar-refractivity contribution in [3.63, 3.8) is 0 Å². The summed E-state index contributed by atoms with van der Waals surface area (Å²) in [5.41, 5.74) is 20.6. The van der Waals surface area contributed by atoms with E-state index in [1.54, 1.807) is 31.0 Å². The summed E-state index contributed by atoms with van der Waals surface area (Å²) >= 11 is 10.1. The Bertz CT molecular complexity index is 5110. The fourth-order valence-electron chi connectivity index (χ4n) is 10.6. The largest absolute Gasteiger partial charge is 0.367 e. The van der Waals surface area contributed by atoms with E-state index in [2.05, 4.69) is 190 Å². The van der Waals surface area contributed by atoms with Gasteiger partial charge in [0.1, 0.15) is 26.7 Å². The number of aryl methyl sites for hydroxylation is 3. The summed E-state index contributed by atoms with van der Waals surface area (Å²) in [7, 11) is 0. The van der Waals surface area contributed by atoms with Gasteiger partial charge in [0.2, 0.25) is 0 Å². The van der Waals surface area contributed by atoms with E-state index in [-0.39, 0.29) is 1.43 Å². The molecule has 29 heteroatoms. The van der Waals surface area contributed by atoms with E-state index < -0.39 is 0 Å². The van der Waals surface area contributed by atoms with Crippen LogP contribution in [0, 0.1) is 20.8 Å². The number of rotatable bonds is 20. The van der Waals surface area contributed by atoms with Crippen molar-refractivity contribution in [3.8, 4) is 11.6 Å². The zero-order chi connectivity index (χ0) is 71.5. The number of nitrogens with zero attached hydrogens (tertiary/aromatic N) is 17. The number of nitrogens with two attached hydrogens (primary N) is 1. The second-order valence-corrected chi connectivity index (χ2v) is 26.2. The second-order valence-electron chi connectivity index (χ2n) is 23.9. The summed E-state index contributed by atoms with van der Waals surface area (Å²) < 4.78 is 14.3. The maximum absolute atomic E-state index is 5.31. The summed E-state index contributed by atoms with van der Waals surface area (Å²) in [5.74, 6) is 7.05. The van der Waals surface area contributed by atoms with Crippen molar-refractivity contribution < 1.29 is 1.43 Å². The van der Waals surface area contributed by atoms with Crippen LogP contribution in [-0.4, -0.2) is 133 Å². The number of hydrogen-bond acceptors (Lipinski definition) is 15. The molecule has 15 aromatic rings. The molecule has 0 atom stereocenters. The van der Waals surface area contributed by atoms with Crippen LogP contribution < -0.4 is 21.7 Å². The number of anilines is 3. The fourth-order valence-corrected chi connectivity index (χ4v) is 12.1. The monoisotopic (exact) mass is 1550 g/mol. The van der Waals surface area contributed by atoms with Crippen LogP contribution in [0.4, 0.5) is 17.5 Å². The molecule has 524 valence electrons. The smallest absolute Gasteiger partial charge is 0.180 e. The van der Waals surface area contributed by atoms with Crippen molar-refractivity contribution in [2.75, 3.05) is 42.1 Å². The molecule has 15 rings (SSSR count). The first-order chi connectivity index (χ1) is 48.8. The maximum atomic E-state index is 5.31. The van der Waals surface area contributed by atoms with Gasteiger partial charge in [-0.05, 0) is 191 Å². The molecule has 0 saturated carbocycles. The molecule has 26 nitrogen and oxygen atoms in total. The van der Waals surface area contributed by atoms with Gasteiger partial charge in [0.05, 0.1) is 48.1 Å². The summed E-state index contributed by atoms with van der Waals surface area (Å²) in [6.07, 6.45) is 45.5. The quantitative estimate of drug-likeness (QED) is 0.0343. The van der Waals surface area contributed by atoms with Gasteiger partial charge in [-0.1, -0.05) is 33.6 Å². The highest BCUT2D eigenvalue weighted by Gasteiger charge is 2.18. The number of aromatic amines is 5. The molecule has 0 saturated heterocycles. The minimum Gasteiger partial charge on any atom is -0.367 e. The summed E-state index contributed by atoms with van der Waals surface area (Å²) in [6, 6.07) is 8.26. The highest BCUT2D eigenvalue weighted by Crippen LogP contribution is 2.27. The first kappa shape index (κ1) is 73.0. The van der Waals surface area contributed by atoms with Gasteiger partial charge in [-0.15, -0.1) is 0 Å². The molecule has 0 spiro atoms. The Labute approximate surface area is 611 Å². The van der Waals surface area contributed by atoms with Crippen molar-refractivity contribution in [1.29, 1.82) is 0 Å². The Hall–Kier alpha value is -10.8. The molecule has 0 aliphatic rings. The van der Waals surface area contributed by atoms with Gasteiger partial charge in [0.15, 0.2) is 56.3 Å². The van der Waals surface area contributed by atoms with Crippen molar-refractivity contribution in [2.24, 2.45) is 5.73 Å². The first-order valence-corrected chi connectivity index (χ1v) is 35.0. The standard InChI is InChI=1S/C19H23N7.C19H21N7.C15H16BrN5.C9H7Br2N3.C6H10N2.C4H6N2.H2/c2*1-13(2)16-11-23-19-18(22-7-5-15-4-6-20-10-15)24-17(12-26(16)19)25-9-8-21-14(25)3;1-10(2)12-8-19-15-14(20-13(16)9-21(12)15)18-6-4-11-3-5-17-7-11;1-5(2)6-3-12-9-8(11)13-7(10)4-14(6)9;7-3-1-6-2-4-8-5-6;1-4-5-2-3-6-4;/h4,6,8-13,20H,5,7H2,1-3H3,(H,22,24);4,6,8-12,20H,1,5,7H2,2-3H3,(H,22,24);3,5,7-9,17H,1,4,6H2,2H3,(H,18,20);3-4H,1H2,2H3;2,4-5,8H,1,3,7H2;2-3H,1H3,(H,5,6);1H. The lowest BCUT2D eigenvalue weighted by molar-refractivity contribution is 0.800. The average molecular weight is 1550 g/mol. The molecule has 0 radical (unpaired) electrons. The normalized spacial score (nSPS) is 10.9. The first-order valence-electron chi connectivity index (χ1n) is 32.6. The van der Waals surface area contributed by atoms with E-state index in [9.17, 15) is 0 Å². The third-order valence-electron chi connectivity index (χ3n) is 15.8. The minimum absolute atomic E-state index is 0. The van der Waals surface area contributed by atoms with Gasteiger partial charge < -0.3 is 46.6 Å². The molecule has 0 aliphatic heterocycles. The van der Waals surface area contributed by atoms with Gasteiger partial charge in [0.25, 0.3) is 0 Å². The predicted octanol–water partition coefficient (Wildman–Crippen LogP) is 14.8. The van der Waals surface area contributed by atoms with E-state index in [1.807, 2.05) is 175 Å². The van der Waals surface area contributed by atoms with Gasteiger partial charge in [-0.2, -0.15) is 0 Å². The van der Waals surface area contributed by atoms with Crippen LogP contribution in [0.25, 0.3) is 50.9 Å². The molecule has 0 aliphatic carbocycles. The van der Waals surface area contributed by atoms with Crippen molar-refractivity contribution in [3.05, 3.63) is 257 Å². The van der Waals surface area contributed by atoms with Crippen molar-refractivity contribution >= 4 is 105 Å². The number of fused-ring (bicyclic) bond motifs is 4. The highest BCUT2D eigenvalue weighted by molar-refractivity contribution is 9.11. The van der Waals surface area contributed by atoms with Crippen LogP contribution in [0.15, 0.2) is 194 Å². The number of aromatic nitrogens is 22. The van der Waals surface area contributed by atoms with E-state index in [4.69, 9.17) is 15.7 Å². The van der Waals surface area contributed by atoms with Crippen LogP contribution in [-0.2, 0) is 25.7 Å². The maximum Gasteiger partial charge on any atom is 0.180 e. The molecule has 0 amide bonds. The van der Waals surface area contributed by atoms with Crippen LogP contribution in [0.1, 0.15) is 104 Å². The van der Waals surface area contributed by atoms with Crippen molar-refractivity contribution in [2.45, 2.75) is 87.0 Å². The van der Waals surface area contributed by atoms with E-state index in [0.29, 0.717) is 5.92 Å². The van der Waals surface area contributed by atoms with E-state index in [1.165, 1.54) is 22.3 Å². The Kier molecular flexibility index (Phi) is 25.2. The summed E-state index contributed by atoms with van der Waals surface area (Å²) in [5, 5.41) is 10.2. The average Bonchev–Trinajstić information content (AvgIpc) is 1.66. The Morgan fingerprint density at radius 1 is 0.485 bits per heavy atom. The highest BCUT2D eigenvalue weighted by atomic mass is 79.9. The van der Waals surface area contributed by atoms with Gasteiger partial charge >= 0.3 is 0 Å².